The predicted molar refractivity (Wildman–Crippen MR) is 152 cm³/mol. The number of sulfonamides is 1. The number of anilines is 1. The SMILES string of the molecule is Cc1cc(-c2cccnn2)cc2c(N3CCc4ccc(S(=O)(=O)N(C)C5CCNCC5)cc4C3C)ncnc12. The van der Waals surface area contributed by atoms with Crippen LogP contribution in [0.1, 0.15) is 42.5 Å². The summed E-state index contributed by atoms with van der Waals surface area (Å²) in [4.78, 5) is 11.9. The summed E-state index contributed by atoms with van der Waals surface area (Å²) >= 11 is 0. The average molecular weight is 544 g/mol. The van der Waals surface area contributed by atoms with Crippen molar-refractivity contribution in [2.75, 3.05) is 31.6 Å². The molecule has 6 rings (SSSR count). The number of aryl methyl sites for hydroxylation is 1. The fraction of sp³-hybridized carbons (Fsp3) is 0.379. The van der Waals surface area contributed by atoms with E-state index in [1.165, 1.54) is 5.56 Å². The van der Waals surface area contributed by atoms with Crippen LogP contribution >= 0.6 is 0 Å². The van der Waals surface area contributed by atoms with Crippen molar-refractivity contribution in [1.82, 2.24) is 29.8 Å². The molecule has 4 aromatic rings. The van der Waals surface area contributed by atoms with Gasteiger partial charge in [-0.15, -0.1) is 0 Å². The molecule has 2 aliphatic heterocycles. The van der Waals surface area contributed by atoms with Crippen LogP contribution in [0.15, 0.2) is 59.9 Å². The maximum absolute atomic E-state index is 13.6. The van der Waals surface area contributed by atoms with E-state index in [-0.39, 0.29) is 12.1 Å². The first-order valence-electron chi connectivity index (χ1n) is 13.5. The topological polar surface area (TPSA) is 104 Å². The lowest BCUT2D eigenvalue weighted by Gasteiger charge is -2.37. The third-order valence-corrected chi connectivity index (χ3v) is 10.1. The van der Waals surface area contributed by atoms with Gasteiger partial charge < -0.3 is 10.2 Å². The lowest BCUT2D eigenvalue weighted by Crippen LogP contribution is -2.44. The number of fused-ring (bicyclic) bond motifs is 2. The third kappa shape index (κ3) is 4.66. The van der Waals surface area contributed by atoms with Gasteiger partial charge in [-0.2, -0.15) is 14.5 Å². The maximum atomic E-state index is 13.6. The molecule has 2 aromatic carbocycles. The van der Waals surface area contributed by atoms with Crippen molar-refractivity contribution in [3.8, 4) is 11.3 Å². The van der Waals surface area contributed by atoms with Crippen molar-refractivity contribution in [3.05, 3.63) is 71.7 Å². The highest BCUT2D eigenvalue weighted by molar-refractivity contribution is 7.89. The van der Waals surface area contributed by atoms with E-state index >= 15 is 0 Å². The highest BCUT2D eigenvalue weighted by Gasteiger charge is 2.32. The Kier molecular flexibility index (Phi) is 6.78. The Labute approximate surface area is 229 Å². The summed E-state index contributed by atoms with van der Waals surface area (Å²) in [5.74, 6) is 0.840. The zero-order valence-corrected chi connectivity index (χ0v) is 23.3. The monoisotopic (exact) mass is 543 g/mol. The Bertz CT molecular complexity index is 1620. The molecule has 2 aromatic heterocycles. The summed E-state index contributed by atoms with van der Waals surface area (Å²) < 4.78 is 28.8. The Balaban J connectivity index is 1.38. The van der Waals surface area contributed by atoms with Crippen molar-refractivity contribution in [3.63, 3.8) is 0 Å². The van der Waals surface area contributed by atoms with E-state index in [0.29, 0.717) is 4.90 Å². The van der Waals surface area contributed by atoms with Crippen molar-refractivity contribution < 1.29 is 8.42 Å². The van der Waals surface area contributed by atoms with E-state index in [1.807, 2.05) is 31.2 Å². The molecule has 9 nitrogen and oxygen atoms in total. The number of hydrogen-bond acceptors (Lipinski definition) is 8. The van der Waals surface area contributed by atoms with E-state index in [1.54, 1.807) is 29.9 Å². The fourth-order valence-electron chi connectivity index (χ4n) is 5.94. The van der Waals surface area contributed by atoms with Crippen LogP contribution in [0, 0.1) is 6.92 Å². The van der Waals surface area contributed by atoms with E-state index in [2.05, 4.69) is 44.5 Å². The first-order valence-corrected chi connectivity index (χ1v) is 14.9. The number of aromatic nitrogens is 4. The number of piperidine rings is 1. The second kappa shape index (κ2) is 10.3. The minimum atomic E-state index is -3.61. The van der Waals surface area contributed by atoms with Gasteiger partial charge in [0.25, 0.3) is 0 Å². The van der Waals surface area contributed by atoms with E-state index in [4.69, 9.17) is 4.98 Å². The summed E-state index contributed by atoms with van der Waals surface area (Å²) in [6.07, 6.45) is 5.73. The highest BCUT2D eigenvalue weighted by atomic mass is 32.2. The first-order chi connectivity index (χ1) is 18.8. The van der Waals surface area contributed by atoms with Crippen LogP contribution in [-0.2, 0) is 16.4 Å². The second-order valence-electron chi connectivity index (χ2n) is 10.5. The van der Waals surface area contributed by atoms with E-state index in [0.717, 1.165) is 78.0 Å². The van der Waals surface area contributed by atoms with Crippen LogP contribution < -0.4 is 10.2 Å². The largest absolute Gasteiger partial charge is 0.349 e. The van der Waals surface area contributed by atoms with Gasteiger partial charge in [0, 0.05) is 36.8 Å². The fourth-order valence-corrected chi connectivity index (χ4v) is 7.39. The number of hydrogen-bond donors (Lipinski definition) is 1. The smallest absolute Gasteiger partial charge is 0.243 e. The van der Waals surface area contributed by atoms with Crippen molar-refractivity contribution >= 4 is 26.7 Å². The number of nitrogens with zero attached hydrogens (tertiary/aromatic N) is 6. The zero-order chi connectivity index (χ0) is 27.1. The molecule has 0 radical (unpaired) electrons. The molecule has 4 heterocycles. The van der Waals surface area contributed by atoms with Crippen LogP contribution in [-0.4, -0.2) is 65.6 Å². The minimum absolute atomic E-state index is 0.0142. The van der Waals surface area contributed by atoms with E-state index < -0.39 is 10.0 Å². The minimum Gasteiger partial charge on any atom is -0.349 e. The Morgan fingerprint density at radius 3 is 2.67 bits per heavy atom. The number of nitrogens with one attached hydrogen (secondary N) is 1. The summed E-state index contributed by atoms with van der Waals surface area (Å²) in [5, 5.41) is 12.6. The lowest BCUT2D eigenvalue weighted by molar-refractivity contribution is 0.296. The average Bonchev–Trinajstić information content (AvgIpc) is 2.97. The maximum Gasteiger partial charge on any atom is 0.243 e. The molecule has 2 aliphatic rings. The Hall–Kier alpha value is -3.47. The third-order valence-electron chi connectivity index (χ3n) is 8.21. The molecular weight excluding hydrogens is 510 g/mol. The van der Waals surface area contributed by atoms with Crippen molar-refractivity contribution in [2.45, 2.75) is 50.1 Å². The molecule has 0 saturated carbocycles. The molecule has 0 spiro atoms. The van der Waals surface area contributed by atoms with E-state index in [9.17, 15) is 8.42 Å². The highest BCUT2D eigenvalue weighted by Crippen LogP contribution is 2.38. The van der Waals surface area contributed by atoms with Crippen molar-refractivity contribution in [2.24, 2.45) is 0 Å². The molecule has 0 amide bonds. The summed E-state index contributed by atoms with van der Waals surface area (Å²) in [5.41, 5.74) is 5.89. The molecule has 39 heavy (non-hydrogen) atoms. The van der Waals surface area contributed by atoms with Gasteiger partial charge in [0.2, 0.25) is 10.0 Å². The summed E-state index contributed by atoms with van der Waals surface area (Å²) in [7, 11) is -1.89. The lowest BCUT2D eigenvalue weighted by atomic mass is 9.93. The molecule has 1 unspecified atom stereocenters. The molecule has 1 atom stereocenters. The van der Waals surface area contributed by atoms with Gasteiger partial charge >= 0.3 is 0 Å². The molecule has 202 valence electrons. The van der Waals surface area contributed by atoms with Gasteiger partial charge in [0.1, 0.15) is 12.1 Å². The van der Waals surface area contributed by atoms with Crippen LogP contribution in [0.2, 0.25) is 0 Å². The molecular formula is C29H33N7O2S. The zero-order valence-electron chi connectivity index (χ0n) is 22.5. The molecule has 1 fully saturated rings. The predicted octanol–water partition coefficient (Wildman–Crippen LogP) is 3.89. The number of rotatable bonds is 5. The second-order valence-corrected chi connectivity index (χ2v) is 12.5. The Morgan fingerprint density at radius 2 is 1.90 bits per heavy atom. The van der Waals surface area contributed by atoms with Gasteiger partial charge in [-0.05, 0) is 99.3 Å². The number of benzene rings is 2. The van der Waals surface area contributed by atoms with Crippen LogP contribution in [0.4, 0.5) is 5.82 Å². The van der Waals surface area contributed by atoms with Crippen LogP contribution in [0.25, 0.3) is 22.2 Å². The van der Waals surface area contributed by atoms with Gasteiger partial charge in [-0.1, -0.05) is 6.07 Å². The van der Waals surface area contributed by atoms with Gasteiger partial charge in [0.05, 0.1) is 22.1 Å². The summed E-state index contributed by atoms with van der Waals surface area (Å²) in [6, 6.07) is 13.6. The molecule has 1 saturated heterocycles. The van der Waals surface area contributed by atoms with Gasteiger partial charge in [-0.3, -0.25) is 0 Å². The van der Waals surface area contributed by atoms with Crippen molar-refractivity contribution in [1.29, 1.82) is 0 Å². The quantitative estimate of drug-likeness (QED) is 0.404. The van der Waals surface area contributed by atoms with Gasteiger partial charge in [-0.25, -0.2) is 18.4 Å². The molecule has 10 heteroatoms. The van der Waals surface area contributed by atoms with Crippen LogP contribution in [0.3, 0.4) is 0 Å². The first kappa shape index (κ1) is 25.8. The molecule has 0 aliphatic carbocycles. The molecule has 1 N–H and O–H groups in total. The van der Waals surface area contributed by atoms with Gasteiger partial charge in [0.15, 0.2) is 0 Å². The normalized spacial score (nSPS) is 18.5. The summed E-state index contributed by atoms with van der Waals surface area (Å²) in [6.45, 7) is 6.62. The Morgan fingerprint density at radius 1 is 1.08 bits per heavy atom. The standard InChI is InChI=1S/C29H33N7O2S/c1-19-15-22(27-5-4-11-33-34-27)16-26-28(19)31-18-32-29(26)36-14-10-21-6-7-24(17-25(21)20(36)2)39(37,38)35(3)23-8-12-30-13-9-23/h4-7,11,15-18,20,23,30H,8-10,12-14H2,1-3H3. The van der Waals surface area contributed by atoms with Crippen LogP contribution in [0.5, 0.6) is 0 Å². The molecule has 0 bridgehead atoms.